The Kier molecular flexibility index (Phi) is 7.32. The Morgan fingerprint density at radius 2 is 2.06 bits per heavy atom. The zero-order valence-electron chi connectivity index (χ0n) is 11.0. The molecular weight excluding hydrogens is 294 g/mol. The first kappa shape index (κ1) is 15.5. The summed E-state index contributed by atoms with van der Waals surface area (Å²) < 4.78 is 6.45. The van der Waals surface area contributed by atoms with Crippen molar-refractivity contribution >= 4 is 15.9 Å². The highest BCUT2D eigenvalue weighted by molar-refractivity contribution is 9.10. The maximum absolute atomic E-state index is 9.78. The number of benzene rings is 1. The summed E-state index contributed by atoms with van der Waals surface area (Å²) in [6, 6.07) is 7.64. The van der Waals surface area contributed by atoms with Gasteiger partial charge in [0.15, 0.2) is 0 Å². The number of hydrogen-bond donors (Lipinski definition) is 2. The van der Waals surface area contributed by atoms with Gasteiger partial charge in [0.2, 0.25) is 0 Å². The van der Waals surface area contributed by atoms with E-state index in [-0.39, 0.29) is 0 Å². The molecule has 1 rings (SSSR count). The van der Waals surface area contributed by atoms with Crippen LogP contribution in [0.15, 0.2) is 28.7 Å². The average Bonchev–Trinajstić information content (AvgIpc) is 2.37. The SMILES string of the molecule is CCC(C)CNCC(O)COc1ccccc1Br. The highest BCUT2D eigenvalue weighted by atomic mass is 79.9. The van der Waals surface area contributed by atoms with Gasteiger partial charge in [0.1, 0.15) is 18.5 Å². The molecule has 0 radical (unpaired) electrons. The van der Waals surface area contributed by atoms with E-state index in [0.717, 1.165) is 23.2 Å². The summed E-state index contributed by atoms with van der Waals surface area (Å²) in [6.45, 7) is 6.16. The van der Waals surface area contributed by atoms with Crippen LogP contribution in [0.3, 0.4) is 0 Å². The Hall–Kier alpha value is -0.580. The van der Waals surface area contributed by atoms with E-state index in [4.69, 9.17) is 4.74 Å². The second-order valence-corrected chi connectivity index (χ2v) is 5.42. The van der Waals surface area contributed by atoms with E-state index in [2.05, 4.69) is 35.1 Å². The van der Waals surface area contributed by atoms with Gasteiger partial charge in [-0.05, 0) is 40.5 Å². The predicted molar refractivity (Wildman–Crippen MR) is 78.0 cm³/mol. The van der Waals surface area contributed by atoms with Gasteiger partial charge in [0, 0.05) is 6.54 Å². The zero-order valence-corrected chi connectivity index (χ0v) is 12.6. The van der Waals surface area contributed by atoms with Gasteiger partial charge < -0.3 is 15.2 Å². The van der Waals surface area contributed by atoms with Gasteiger partial charge in [0.25, 0.3) is 0 Å². The van der Waals surface area contributed by atoms with Crippen LogP contribution in [0, 0.1) is 5.92 Å². The number of para-hydroxylation sites is 1. The van der Waals surface area contributed by atoms with Crippen molar-refractivity contribution in [3.8, 4) is 5.75 Å². The minimum absolute atomic E-state index is 0.302. The van der Waals surface area contributed by atoms with Crippen LogP contribution in [0.4, 0.5) is 0 Å². The number of aliphatic hydroxyl groups is 1. The summed E-state index contributed by atoms with van der Waals surface area (Å²) >= 11 is 3.41. The molecule has 1 aromatic carbocycles. The summed E-state index contributed by atoms with van der Waals surface area (Å²) in [6.07, 6.45) is 0.664. The van der Waals surface area contributed by atoms with Crippen molar-refractivity contribution in [3.05, 3.63) is 28.7 Å². The first-order chi connectivity index (χ1) is 8.63. The van der Waals surface area contributed by atoms with Crippen LogP contribution in [-0.2, 0) is 0 Å². The number of hydrogen-bond acceptors (Lipinski definition) is 3. The van der Waals surface area contributed by atoms with Crippen LogP contribution in [0.5, 0.6) is 5.75 Å². The molecule has 4 heteroatoms. The normalized spacial score (nSPS) is 14.2. The van der Waals surface area contributed by atoms with E-state index >= 15 is 0 Å². The fourth-order valence-corrected chi connectivity index (χ4v) is 1.85. The summed E-state index contributed by atoms with van der Waals surface area (Å²) in [5.74, 6) is 1.40. The number of aliphatic hydroxyl groups excluding tert-OH is 1. The molecule has 18 heavy (non-hydrogen) atoms. The standard InChI is InChI=1S/C14H22BrNO2/c1-3-11(2)8-16-9-12(17)10-18-14-7-5-4-6-13(14)15/h4-7,11-12,16-17H,3,8-10H2,1-2H3. The molecule has 0 fully saturated rings. The van der Waals surface area contributed by atoms with Crippen molar-refractivity contribution in [2.75, 3.05) is 19.7 Å². The molecule has 0 amide bonds. The summed E-state index contributed by atoms with van der Waals surface area (Å²) in [5, 5.41) is 13.0. The highest BCUT2D eigenvalue weighted by Gasteiger charge is 2.07. The Balaban J connectivity index is 2.21. The molecule has 1 aromatic rings. The zero-order chi connectivity index (χ0) is 13.4. The monoisotopic (exact) mass is 315 g/mol. The van der Waals surface area contributed by atoms with E-state index in [9.17, 15) is 5.11 Å². The molecular formula is C14H22BrNO2. The third-order valence-electron chi connectivity index (χ3n) is 2.84. The molecule has 2 atom stereocenters. The number of ether oxygens (including phenoxy) is 1. The van der Waals surface area contributed by atoms with Crippen molar-refractivity contribution in [1.82, 2.24) is 5.32 Å². The molecule has 0 aliphatic heterocycles. The van der Waals surface area contributed by atoms with Gasteiger partial charge in [-0.2, -0.15) is 0 Å². The molecule has 2 unspecified atom stereocenters. The third kappa shape index (κ3) is 5.85. The van der Waals surface area contributed by atoms with Gasteiger partial charge in [-0.25, -0.2) is 0 Å². The number of rotatable bonds is 8. The molecule has 0 aliphatic carbocycles. The Morgan fingerprint density at radius 1 is 1.33 bits per heavy atom. The molecule has 102 valence electrons. The molecule has 0 aliphatic rings. The average molecular weight is 316 g/mol. The molecule has 2 N–H and O–H groups in total. The first-order valence-electron chi connectivity index (χ1n) is 6.39. The second kappa shape index (κ2) is 8.51. The lowest BCUT2D eigenvalue weighted by Gasteiger charge is -2.15. The number of halogens is 1. The van der Waals surface area contributed by atoms with E-state index in [1.54, 1.807) is 0 Å². The molecule has 0 spiro atoms. The lowest BCUT2D eigenvalue weighted by atomic mass is 10.1. The van der Waals surface area contributed by atoms with Gasteiger partial charge in [0.05, 0.1) is 4.47 Å². The van der Waals surface area contributed by atoms with Crippen molar-refractivity contribution in [3.63, 3.8) is 0 Å². The van der Waals surface area contributed by atoms with Crippen LogP contribution in [0.25, 0.3) is 0 Å². The van der Waals surface area contributed by atoms with E-state index in [1.807, 2.05) is 24.3 Å². The molecule has 3 nitrogen and oxygen atoms in total. The fraction of sp³-hybridized carbons (Fsp3) is 0.571. The molecule has 0 bridgehead atoms. The largest absolute Gasteiger partial charge is 0.490 e. The van der Waals surface area contributed by atoms with E-state index in [0.29, 0.717) is 19.1 Å². The summed E-state index contributed by atoms with van der Waals surface area (Å²) in [5.41, 5.74) is 0. The summed E-state index contributed by atoms with van der Waals surface area (Å²) in [7, 11) is 0. The lowest BCUT2D eigenvalue weighted by Crippen LogP contribution is -2.33. The van der Waals surface area contributed by atoms with Crippen LogP contribution in [0.1, 0.15) is 20.3 Å². The second-order valence-electron chi connectivity index (χ2n) is 4.57. The Labute approximate surface area is 118 Å². The van der Waals surface area contributed by atoms with Crippen LogP contribution >= 0.6 is 15.9 Å². The maximum Gasteiger partial charge on any atom is 0.133 e. The highest BCUT2D eigenvalue weighted by Crippen LogP contribution is 2.23. The maximum atomic E-state index is 9.78. The minimum Gasteiger partial charge on any atom is -0.490 e. The van der Waals surface area contributed by atoms with Gasteiger partial charge >= 0.3 is 0 Å². The Bertz CT molecular complexity index is 346. The van der Waals surface area contributed by atoms with E-state index < -0.39 is 6.10 Å². The minimum atomic E-state index is -0.485. The van der Waals surface area contributed by atoms with Crippen LogP contribution in [0.2, 0.25) is 0 Å². The predicted octanol–water partition coefficient (Wildman–Crippen LogP) is 2.82. The quantitative estimate of drug-likeness (QED) is 0.775. The molecule has 0 heterocycles. The smallest absolute Gasteiger partial charge is 0.133 e. The van der Waals surface area contributed by atoms with Crippen molar-refractivity contribution in [2.24, 2.45) is 5.92 Å². The van der Waals surface area contributed by atoms with Crippen molar-refractivity contribution in [2.45, 2.75) is 26.4 Å². The number of nitrogens with one attached hydrogen (secondary N) is 1. The van der Waals surface area contributed by atoms with Gasteiger partial charge in [-0.3, -0.25) is 0 Å². The molecule has 0 aromatic heterocycles. The Morgan fingerprint density at radius 3 is 2.72 bits per heavy atom. The first-order valence-corrected chi connectivity index (χ1v) is 7.18. The van der Waals surface area contributed by atoms with Crippen LogP contribution in [-0.4, -0.2) is 30.9 Å². The lowest BCUT2D eigenvalue weighted by molar-refractivity contribution is 0.105. The molecule has 0 saturated carbocycles. The topological polar surface area (TPSA) is 41.5 Å². The van der Waals surface area contributed by atoms with Crippen LogP contribution < -0.4 is 10.1 Å². The van der Waals surface area contributed by atoms with Gasteiger partial charge in [-0.15, -0.1) is 0 Å². The van der Waals surface area contributed by atoms with E-state index in [1.165, 1.54) is 0 Å². The van der Waals surface area contributed by atoms with Crippen molar-refractivity contribution < 1.29 is 9.84 Å². The fourth-order valence-electron chi connectivity index (χ4n) is 1.45. The third-order valence-corrected chi connectivity index (χ3v) is 3.49. The summed E-state index contributed by atoms with van der Waals surface area (Å²) in [4.78, 5) is 0. The molecule has 0 saturated heterocycles. The van der Waals surface area contributed by atoms with Gasteiger partial charge in [-0.1, -0.05) is 32.4 Å². The van der Waals surface area contributed by atoms with Crippen molar-refractivity contribution in [1.29, 1.82) is 0 Å².